The molecule has 3 aromatic carbocycles. The number of nitrogens with one attached hydrogen (secondary N) is 4. The maximum absolute atomic E-state index is 14.5. The van der Waals surface area contributed by atoms with Gasteiger partial charge in [-0.1, -0.05) is 50.3 Å². The lowest BCUT2D eigenvalue weighted by Gasteiger charge is -2.32. The molecular weight excluding hydrogens is 1090 g/mol. The van der Waals surface area contributed by atoms with E-state index in [4.69, 9.17) is 29.4 Å². The number of alkyl carbamates (subject to hydrolysis) is 1. The second-order valence-corrected chi connectivity index (χ2v) is 22.5. The molecule has 0 bridgehead atoms. The Kier molecular flexibility index (Phi) is 20.4. The summed E-state index contributed by atoms with van der Waals surface area (Å²) in [5.41, 5.74) is 7.11. The summed E-state index contributed by atoms with van der Waals surface area (Å²) in [4.78, 5) is 111. The maximum atomic E-state index is 14.5. The lowest BCUT2D eigenvalue weighted by atomic mass is 10.0. The second kappa shape index (κ2) is 27.2. The number of hydrogen-bond acceptors (Lipinski definition) is 15. The van der Waals surface area contributed by atoms with Crippen LogP contribution in [0.1, 0.15) is 112 Å². The van der Waals surface area contributed by atoms with Crippen molar-refractivity contribution in [1.29, 1.82) is 0 Å². The zero-order chi connectivity index (χ0) is 61.3. The van der Waals surface area contributed by atoms with Gasteiger partial charge in [-0.05, 0) is 108 Å². The molecule has 0 aliphatic carbocycles. The van der Waals surface area contributed by atoms with Crippen molar-refractivity contribution in [1.82, 2.24) is 25.8 Å². The summed E-state index contributed by atoms with van der Waals surface area (Å²) in [6.07, 6.45) is -2.71. The van der Waals surface area contributed by atoms with E-state index < -0.39 is 90.0 Å². The van der Waals surface area contributed by atoms with Crippen LogP contribution in [0.3, 0.4) is 0 Å². The molecule has 454 valence electrons. The first-order chi connectivity index (χ1) is 39.8. The fourth-order valence-corrected chi connectivity index (χ4v) is 10.6. The fourth-order valence-electron chi connectivity index (χ4n) is 10.6. The van der Waals surface area contributed by atoms with Gasteiger partial charge in [-0.2, -0.15) is 0 Å². The number of primary amides is 1. The average Bonchev–Trinajstić information content (AvgIpc) is 3.63. The highest BCUT2D eigenvalue weighted by atomic mass is 16.6. The van der Waals surface area contributed by atoms with Gasteiger partial charge in [0.2, 0.25) is 17.7 Å². The smallest absolute Gasteiger partial charge is 0.414 e. The molecule has 9 amide bonds. The highest BCUT2D eigenvalue weighted by molar-refractivity contribution is 6.08. The molecule has 3 aromatic rings. The number of ether oxygens (including phenoxy) is 5. The molecule has 7 rings (SSSR count). The van der Waals surface area contributed by atoms with Crippen LogP contribution in [0.15, 0.2) is 72.8 Å². The van der Waals surface area contributed by atoms with Gasteiger partial charge in [-0.3, -0.25) is 28.9 Å². The van der Waals surface area contributed by atoms with Gasteiger partial charge in [0.1, 0.15) is 17.7 Å². The Morgan fingerprint density at radius 1 is 0.726 bits per heavy atom. The predicted molar refractivity (Wildman–Crippen MR) is 308 cm³/mol. The number of carboxylic acid groups (broad SMARTS) is 1. The number of hydrogen-bond donors (Lipinski definition) is 8. The third-order valence-electron chi connectivity index (χ3n) is 14.7. The Hall–Kier alpha value is -8.58. The second-order valence-electron chi connectivity index (χ2n) is 22.5. The molecule has 0 aromatic heterocycles. The van der Waals surface area contributed by atoms with Gasteiger partial charge >= 0.3 is 18.2 Å². The highest BCUT2D eigenvalue weighted by Gasteiger charge is 2.47. The Balaban J connectivity index is 0.993. The number of carbonyl (C=O) groups is 8. The Bertz CT molecular complexity index is 3020. The molecule has 4 aliphatic rings. The number of carbonyl (C=O) groups excluding carboxylic acids is 7. The lowest BCUT2D eigenvalue weighted by Crippen LogP contribution is -2.55. The van der Waals surface area contributed by atoms with E-state index in [1.807, 2.05) is 0 Å². The molecule has 9 N–H and O–H groups in total. The number of nitrogens with zero attached hydrogens (tertiary/aromatic N) is 4. The van der Waals surface area contributed by atoms with Crippen molar-refractivity contribution in [3.8, 4) is 23.0 Å². The van der Waals surface area contributed by atoms with Gasteiger partial charge in [0.05, 0.1) is 62.0 Å². The maximum Gasteiger partial charge on any atom is 0.414 e. The molecule has 84 heavy (non-hydrogen) atoms. The number of aliphatic hydroxyl groups excluding tert-OH is 2. The van der Waals surface area contributed by atoms with Crippen molar-refractivity contribution >= 4 is 64.8 Å². The average molecular weight is 1170 g/mol. The molecule has 4 heterocycles. The van der Waals surface area contributed by atoms with Crippen LogP contribution in [0.4, 0.5) is 31.4 Å². The highest BCUT2D eigenvalue weighted by Crippen LogP contribution is 2.44. The van der Waals surface area contributed by atoms with Crippen LogP contribution < -0.4 is 55.7 Å². The van der Waals surface area contributed by atoms with Gasteiger partial charge in [0.15, 0.2) is 35.5 Å². The number of fused-ring (bicyclic) bond motifs is 4. The molecule has 6 atom stereocenters. The first kappa shape index (κ1) is 63.0. The van der Waals surface area contributed by atoms with E-state index in [-0.39, 0.29) is 123 Å². The molecule has 0 spiro atoms. The molecule has 0 radical (unpaired) electrons. The van der Waals surface area contributed by atoms with Crippen molar-refractivity contribution in [2.24, 2.45) is 11.7 Å². The first-order valence-electron chi connectivity index (χ1n) is 27.9. The van der Waals surface area contributed by atoms with Gasteiger partial charge in [-0.15, -0.1) is 0 Å². The topological polar surface area (TPSA) is 330 Å². The number of aliphatic hydroxyl groups is 2. The van der Waals surface area contributed by atoms with Crippen molar-refractivity contribution < 1.29 is 77.4 Å². The number of rotatable bonds is 23. The zero-order valence-electron chi connectivity index (χ0n) is 48.5. The van der Waals surface area contributed by atoms with E-state index in [0.29, 0.717) is 41.7 Å². The first-order valence-corrected chi connectivity index (χ1v) is 27.9. The van der Waals surface area contributed by atoms with Crippen molar-refractivity contribution in [2.75, 3.05) is 62.2 Å². The number of anilines is 3. The number of benzene rings is 3. The van der Waals surface area contributed by atoms with Crippen LogP contribution in [0, 0.1) is 5.92 Å². The van der Waals surface area contributed by atoms with Crippen LogP contribution in [-0.2, 0) is 25.5 Å². The normalized spacial score (nSPS) is 19.0. The summed E-state index contributed by atoms with van der Waals surface area (Å²) < 4.78 is 28.9. The molecule has 2 unspecified atom stereocenters. The summed E-state index contributed by atoms with van der Waals surface area (Å²) in [6.45, 7) is 17.3. The van der Waals surface area contributed by atoms with Crippen LogP contribution in [0.25, 0.3) is 0 Å². The summed E-state index contributed by atoms with van der Waals surface area (Å²) in [5.74, 6) is -2.15. The van der Waals surface area contributed by atoms with Crippen LogP contribution in [0.2, 0.25) is 0 Å². The number of amides is 9. The lowest BCUT2D eigenvalue weighted by molar-refractivity contribution is -0.128. The molecule has 0 saturated carbocycles. The quantitative estimate of drug-likeness (QED) is 0.0435. The SMILES string of the molecule is C=C1CC2C(O)N(C(=O)O)c3cc(OCCCCCOc4cc5c(cc4OC)C(=O)N4CC(=C)C[C@H]4[C@H](O)N5C(=O)CCc4ccc(NC(=O)[C@H](CCCNC(N)=O)NC(=O)[C@@H](NC(=O)OC(C)(C)C)C(C)C)cc4)c(OC)cc3C(=O)N2C1. The minimum absolute atomic E-state index is 0.0335. The number of unbranched alkanes of at least 4 members (excludes halogenated alkanes) is 2. The Morgan fingerprint density at radius 3 is 1.74 bits per heavy atom. The van der Waals surface area contributed by atoms with Crippen LogP contribution in [0.5, 0.6) is 23.0 Å². The predicted octanol–water partition coefficient (Wildman–Crippen LogP) is 5.41. The summed E-state index contributed by atoms with van der Waals surface area (Å²) >= 11 is 0. The van der Waals surface area contributed by atoms with E-state index in [9.17, 15) is 53.7 Å². The van der Waals surface area contributed by atoms with Gasteiger partial charge in [0.25, 0.3) is 11.8 Å². The van der Waals surface area contributed by atoms with Gasteiger partial charge in [0, 0.05) is 43.9 Å². The number of aryl methyl sites for hydroxylation is 1. The largest absolute Gasteiger partial charge is 0.493 e. The van der Waals surface area contributed by atoms with E-state index in [0.717, 1.165) is 4.90 Å². The van der Waals surface area contributed by atoms with Gasteiger partial charge < -0.3 is 75.8 Å². The van der Waals surface area contributed by atoms with Crippen molar-refractivity contribution in [2.45, 2.75) is 135 Å². The zero-order valence-corrected chi connectivity index (χ0v) is 48.5. The molecule has 4 aliphatic heterocycles. The number of urea groups is 1. The van der Waals surface area contributed by atoms with Crippen LogP contribution >= 0.6 is 0 Å². The van der Waals surface area contributed by atoms with E-state index in [2.05, 4.69) is 34.4 Å². The third kappa shape index (κ3) is 15.0. The van der Waals surface area contributed by atoms with E-state index in [1.54, 1.807) is 58.9 Å². The summed E-state index contributed by atoms with van der Waals surface area (Å²) in [6, 6.07) is 8.00. The summed E-state index contributed by atoms with van der Waals surface area (Å²) in [5, 5.41) is 44.0. The van der Waals surface area contributed by atoms with Crippen LogP contribution in [-0.4, -0.2) is 162 Å². The molecule has 2 fully saturated rings. The number of methoxy groups -OCH3 is 2. The standard InChI is InChI=1S/C59H77N9O16/c1-32(2)49(64-57(77)84-59(5,6)7)51(71)63-39(14-13-21-61-56(60)76)50(70)62-36-18-15-35(16-19-36)17-20-48(69)67-40-28-46(44(80-8)26-37(40)52(72)65-30-33(3)24-42(65)54(67)74)82-22-11-10-12-23-83-47-29-41-38(27-45(47)81-9)53(73)66-31-34(4)25-43(66)55(75)68(41)58(78)79/h15-16,18-19,26-29,32,39,42-43,49,54-55,74-75H,3-4,10-14,17,20-25,30-31H2,1-2,5-9H3,(H,62,70)(H,63,71)(H,64,77)(H,78,79)(H3,60,61,76)/t39-,42-,43?,49-,54-,55?/m0/s1. The molecule has 25 heteroatoms. The number of nitrogens with two attached hydrogens (primary N) is 1. The van der Waals surface area contributed by atoms with E-state index >= 15 is 0 Å². The van der Waals surface area contributed by atoms with Crippen molar-refractivity contribution in [3.05, 3.63) is 89.5 Å². The van der Waals surface area contributed by atoms with Gasteiger partial charge in [-0.25, -0.2) is 19.3 Å². The van der Waals surface area contributed by atoms with E-state index in [1.165, 1.54) is 53.2 Å². The molecule has 2 saturated heterocycles. The fraction of sp³-hybridized carbons (Fsp3) is 0.492. The minimum atomic E-state index is -1.55. The monoisotopic (exact) mass is 1170 g/mol. The minimum Gasteiger partial charge on any atom is -0.493 e. The molecular formula is C59H77N9O16. The van der Waals surface area contributed by atoms with Crippen molar-refractivity contribution in [3.63, 3.8) is 0 Å². The molecule has 25 nitrogen and oxygen atoms in total. The summed E-state index contributed by atoms with van der Waals surface area (Å²) in [7, 11) is 2.82. The third-order valence-corrected chi connectivity index (χ3v) is 14.7. The Labute approximate surface area is 487 Å². The Morgan fingerprint density at radius 2 is 1.25 bits per heavy atom.